The molecule has 5 nitrogen and oxygen atoms in total. The summed E-state index contributed by atoms with van der Waals surface area (Å²) in [7, 11) is -3.83. The highest BCUT2D eigenvalue weighted by molar-refractivity contribution is 7.92. The molecule has 1 saturated heterocycles. The molecule has 1 aliphatic rings. The van der Waals surface area contributed by atoms with E-state index in [0.29, 0.717) is 35.8 Å². The maximum atomic E-state index is 13.2. The van der Waals surface area contributed by atoms with Gasteiger partial charge < -0.3 is 4.90 Å². The van der Waals surface area contributed by atoms with Crippen molar-refractivity contribution in [3.05, 3.63) is 94.5 Å². The van der Waals surface area contributed by atoms with Crippen molar-refractivity contribution < 1.29 is 13.2 Å². The van der Waals surface area contributed by atoms with E-state index in [9.17, 15) is 13.2 Å². The molecule has 0 atom stereocenters. The summed E-state index contributed by atoms with van der Waals surface area (Å²) in [5.74, 6) is 0.448. The van der Waals surface area contributed by atoms with Crippen LogP contribution in [0.3, 0.4) is 0 Å². The highest BCUT2D eigenvalue weighted by Crippen LogP contribution is 2.26. The van der Waals surface area contributed by atoms with Gasteiger partial charge in [-0.2, -0.15) is 0 Å². The van der Waals surface area contributed by atoms with Gasteiger partial charge in [-0.15, -0.1) is 0 Å². The van der Waals surface area contributed by atoms with E-state index in [0.717, 1.165) is 30.4 Å². The van der Waals surface area contributed by atoms with Gasteiger partial charge in [0.15, 0.2) is 0 Å². The van der Waals surface area contributed by atoms with Gasteiger partial charge in [-0.25, -0.2) is 8.42 Å². The van der Waals surface area contributed by atoms with Crippen LogP contribution in [0, 0.1) is 26.7 Å². The van der Waals surface area contributed by atoms with E-state index in [1.54, 1.807) is 25.1 Å². The number of rotatable bonds is 6. The average Bonchev–Trinajstić information content (AvgIpc) is 2.83. The number of hydrogen-bond acceptors (Lipinski definition) is 3. The van der Waals surface area contributed by atoms with Crippen LogP contribution in [0.25, 0.3) is 0 Å². The van der Waals surface area contributed by atoms with Gasteiger partial charge in [0.2, 0.25) is 0 Å². The first-order chi connectivity index (χ1) is 16.2. The van der Waals surface area contributed by atoms with Crippen molar-refractivity contribution in [1.29, 1.82) is 0 Å². The minimum Gasteiger partial charge on any atom is -0.339 e. The van der Waals surface area contributed by atoms with E-state index in [1.165, 1.54) is 11.6 Å². The molecule has 0 aliphatic carbocycles. The molecule has 3 aromatic carbocycles. The Bertz CT molecular complexity index is 1280. The minimum atomic E-state index is -3.83. The van der Waals surface area contributed by atoms with E-state index in [1.807, 2.05) is 36.9 Å². The van der Waals surface area contributed by atoms with Gasteiger partial charge >= 0.3 is 0 Å². The van der Waals surface area contributed by atoms with Crippen LogP contribution in [0.5, 0.6) is 0 Å². The molecular weight excluding hydrogens is 444 g/mol. The number of nitrogens with zero attached hydrogens (tertiary/aromatic N) is 1. The molecular formula is C28H32N2O3S. The predicted octanol–water partition coefficient (Wildman–Crippen LogP) is 5.51. The van der Waals surface area contributed by atoms with Crippen LogP contribution in [0.15, 0.2) is 71.6 Å². The summed E-state index contributed by atoms with van der Waals surface area (Å²) in [4.78, 5) is 15.2. The Labute approximate surface area is 202 Å². The maximum Gasteiger partial charge on any atom is 0.262 e. The zero-order valence-electron chi connectivity index (χ0n) is 20.0. The molecule has 34 heavy (non-hydrogen) atoms. The van der Waals surface area contributed by atoms with Crippen LogP contribution in [0.1, 0.15) is 45.5 Å². The standard InChI is InChI=1S/C28H32N2O3S/c1-20-8-7-11-26(22(20)3)29-34(32,33)27-19-25(13-12-21(27)2)28(31)30-16-14-24(15-17-30)18-23-9-5-4-6-10-23/h4-13,19,24,29H,14-18H2,1-3H3. The van der Waals surface area contributed by atoms with Gasteiger partial charge in [0, 0.05) is 18.7 Å². The number of amides is 1. The summed E-state index contributed by atoms with van der Waals surface area (Å²) < 4.78 is 29.1. The molecule has 0 saturated carbocycles. The van der Waals surface area contributed by atoms with E-state index in [-0.39, 0.29) is 10.8 Å². The number of anilines is 1. The molecule has 0 bridgehead atoms. The summed E-state index contributed by atoms with van der Waals surface area (Å²) >= 11 is 0. The lowest BCUT2D eigenvalue weighted by Crippen LogP contribution is -2.39. The normalized spacial score (nSPS) is 14.7. The summed E-state index contributed by atoms with van der Waals surface area (Å²) in [6.07, 6.45) is 2.93. The first kappa shape index (κ1) is 24.0. The number of carbonyl (C=O) groups excluding carboxylic acids is 1. The van der Waals surface area contributed by atoms with Crippen LogP contribution in [0.2, 0.25) is 0 Å². The Morgan fingerprint density at radius 3 is 2.32 bits per heavy atom. The highest BCUT2D eigenvalue weighted by atomic mass is 32.2. The SMILES string of the molecule is Cc1ccc(C(=O)N2CCC(Cc3ccccc3)CC2)cc1S(=O)(=O)Nc1cccc(C)c1C. The monoisotopic (exact) mass is 476 g/mol. The summed E-state index contributed by atoms with van der Waals surface area (Å²) in [6, 6.07) is 20.9. The Morgan fingerprint density at radius 1 is 0.912 bits per heavy atom. The maximum absolute atomic E-state index is 13.2. The van der Waals surface area contributed by atoms with Crippen LogP contribution in [-0.4, -0.2) is 32.3 Å². The second kappa shape index (κ2) is 10.0. The molecule has 1 aliphatic heterocycles. The van der Waals surface area contributed by atoms with E-state index >= 15 is 0 Å². The van der Waals surface area contributed by atoms with Gasteiger partial charge in [0.05, 0.1) is 10.6 Å². The molecule has 1 fully saturated rings. The van der Waals surface area contributed by atoms with Gasteiger partial charge in [-0.3, -0.25) is 9.52 Å². The quantitative estimate of drug-likeness (QED) is 0.510. The molecule has 1 N–H and O–H groups in total. The Balaban J connectivity index is 1.47. The Hall–Kier alpha value is -3.12. The fourth-order valence-corrected chi connectivity index (χ4v) is 5.95. The number of nitrogens with one attached hydrogen (secondary N) is 1. The van der Waals surface area contributed by atoms with E-state index in [4.69, 9.17) is 0 Å². The number of sulfonamides is 1. The third kappa shape index (κ3) is 5.33. The second-order valence-corrected chi connectivity index (χ2v) is 10.9. The molecule has 0 aromatic heterocycles. The van der Waals surface area contributed by atoms with Crippen LogP contribution in [-0.2, 0) is 16.4 Å². The molecule has 178 valence electrons. The second-order valence-electron chi connectivity index (χ2n) is 9.26. The van der Waals surface area contributed by atoms with E-state index in [2.05, 4.69) is 29.0 Å². The molecule has 3 aromatic rings. The van der Waals surface area contributed by atoms with Crippen molar-refractivity contribution in [2.24, 2.45) is 5.92 Å². The summed E-state index contributed by atoms with van der Waals surface area (Å²) in [5.41, 5.74) is 4.80. The minimum absolute atomic E-state index is 0.110. The number of aryl methyl sites for hydroxylation is 2. The molecule has 0 spiro atoms. The first-order valence-electron chi connectivity index (χ1n) is 11.8. The van der Waals surface area contributed by atoms with Crippen LogP contribution >= 0.6 is 0 Å². The summed E-state index contributed by atoms with van der Waals surface area (Å²) in [5, 5.41) is 0. The third-order valence-electron chi connectivity index (χ3n) is 6.84. The van der Waals surface area contributed by atoms with Crippen molar-refractivity contribution >= 4 is 21.6 Å². The van der Waals surface area contributed by atoms with E-state index < -0.39 is 10.0 Å². The zero-order valence-corrected chi connectivity index (χ0v) is 20.9. The predicted molar refractivity (Wildman–Crippen MR) is 137 cm³/mol. The number of piperidine rings is 1. The van der Waals surface area contributed by atoms with Gasteiger partial charge in [0.25, 0.3) is 15.9 Å². The van der Waals surface area contributed by atoms with Crippen molar-refractivity contribution in [1.82, 2.24) is 4.90 Å². The lowest BCUT2D eigenvalue weighted by Gasteiger charge is -2.32. The highest BCUT2D eigenvalue weighted by Gasteiger charge is 2.26. The molecule has 0 radical (unpaired) electrons. The number of benzene rings is 3. The smallest absolute Gasteiger partial charge is 0.262 e. The average molecular weight is 477 g/mol. The topological polar surface area (TPSA) is 66.5 Å². The van der Waals surface area contributed by atoms with Gasteiger partial charge in [-0.05, 0) is 86.4 Å². The summed E-state index contributed by atoms with van der Waals surface area (Å²) in [6.45, 7) is 6.96. The fraction of sp³-hybridized carbons (Fsp3) is 0.321. The number of hydrogen-bond donors (Lipinski definition) is 1. The molecule has 4 rings (SSSR count). The number of carbonyl (C=O) groups is 1. The van der Waals surface area contributed by atoms with Crippen molar-refractivity contribution in [2.45, 2.75) is 44.9 Å². The molecule has 1 heterocycles. The fourth-order valence-electron chi connectivity index (χ4n) is 4.55. The zero-order chi connectivity index (χ0) is 24.3. The van der Waals surface area contributed by atoms with Crippen molar-refractivity contribution in [3.63, 3.8) is 0 Å². The van der Waals surface area contributed by atoms with Crippen molar-refractivity contribution in [3.8, 4) is 0 Å². The first-order valence-corrected chi connectivity index (χ1v) is 13.3. The third-order valence-corrected chi connectivity index (χ3v) is 8.35. The molecule has 6 heteroatoms. The van der Waals surface area contributed by atoms with Crippen LogP contribution in [0.4, 0.5) is 5.69 Å². The largest absolute Gasteiger partial charge is 0.339 e. The molecule has 1 amide bonds. The number of likely N-dealkylation sites (tertiary alicyclic amines) is 1. The lowest BCUT2D eigenvalue weighted by atomic mass is 9.90. The Morgan fingerprint density at radius 2 is 1.62 bits per heavy atom. The van der Waals surface area contributed by atoms with Crippen LogP contribution < -0.4 is 4.72 Å². The van der Waals surface area contributed by atoms with Gasteiger partial charge in [0.1, 0.15) is 0 Å². The lowest BCUT2D eigenvalue weighted by molar-refractivity contribution is 0.0690. The van der Waals surface area contributed by atoms with Crippen molar-refractivity contribution in [2.75, 3.05) is 17.8 Å². The molecule has 0 unspecified atom stereocenters. The Kier molecular flexibility index (Phi) is 7.08. The van der Waals surface area contributed by atoms with Gasteiger partial charge in [-0.1, -0.05) is 48.5 Å².